The zero-order valence-corrected chi connectivity index (χ0v) is 10.7. The van der Waals surface area contributed by atoms with Crippen molar-refractivity contribution in [2.45, 2.75) is 25.8 Å². The van der Waals surface area contributed by atoms with Crippen LogP contribution in [-0.2, 0) is 9.84 Å². The van der Waals surface area contributed by atoms with Gasteiger partial charge in [-0.15, -0.1) is 0 Å². The SMILES string of the molecule is Cc1nn(C2CCS(=O)(=O)CC2)c(N)c1[N+](=O)[O-]. The maximum atomic E-state index is 11.3. The number of aromatic nitrogens is 2. The molecule has 0 bridgehead atoms. The third-order valence-electron chi connectivity index (χ3n) is 3.14. The second-order valence-corrected chi connectivity index (χ2v) is 6.71. The zero-order chi connectivity index (χ0) is 13.5. The van der Waals surface area contributed by atoms with Crippen molar-refractivity contribution in [2.75, 3.05) is 17.2 Å². The molecule has 100 valence electrons. The van der Waals surface area contributed by atoms with Crippen molar-refractivity contribution in [1.82, 2.24) is 9.78 Å². The summed E-state index contributed by atoms with van der Waals surface area (Å²) in [4.78, 5) is 10.3. The van der Waals surface area contributed by atoms with Gasteiger partial charge in [0.1, 0.15) is 15.5 Å². The Morgan fingerprint density at radius 2 is 2.00 bits per heavy atom. The highest BCUT2D eigenvalue weighted by Gasteiger charge is 2.30. The molecule has 0 aromatic carbocycles. The lowest BCUT2D eigenvalue weighted by molar-refractivity contribution is -0.384. The van der Waals surface area contributed by atoms with Crippen LogP contribution < -0.4 is 5.73 Å². The third-order valence-corrected chi connectivity index (χ3v) is 4.86. The summed E-state index contributed by atoms with van der Waals surface area (Å²) in [6.45, 7) is 1.52. The fraction of sp³-hybridized carbons (Fsp3) is 0.667. The van der Waals surface area contributed by atoms with E-state index in [4.69, 9.17) is 5.73 Å². The van der Waals surface area contributed by atoms with Crippen molar-refractivity contribution >= 4 is 21.3 Å². The third kappa shape index (κ3) is 2.17. The number of sulfone groups is 1. The molecular formula is C9H14N4O4S. The van der Waals surface area contributed by atoms with Gasteiger partial charge in [0.15, 0.2) is 0 Å². The minimum Gasteiger partial charge on any atom is -0.378 e. The highest BCUT2D eigenvalue weighted by Crippen LogP contribution is 2.32. The van der Waals surface area contributed by atoms with Crippen LogP contribution in [0.3, 0.4) is 0 Å². The van der Waals surface area contributed by atoms with E-state index in [0.29, 0.717) is 12.8 Å². The molecule has 1 fully saturated rings. The Kier molecular flexibility index (Phi) is 3.01. The van der Waals surface area contributed by atoms with Crippen LogP contribution in [0.5, 0.6) is 0 Å². The first-order valence-electron chi connectivity index (χ1n) is 5.51. The maximum Gasteiger partial charge on any atom is 0.333 e. The minimum absolute atomic E-state index is 0.00166. The van der Waals surface area contributed by atoms with Crippen molar-refractivity contribution in [3.8, 4) is 0 Å². The number of hydrogen-bond acceptors (Lipinski definition) is 6. The summed E-state index contributed by atoms with van der Waals surface area (Å²) < 4.78 is 24.0. The molecule has 0 atom stereocenters. The molecule has 0 amide bonds. The Hall–Kier alpha value is -1.64. The first kappa shape index (κ1) is 12.8. The Bertz CT molecular complexity index is 578. The summed E-state index contributed by atoms with van der Waals surface area (Å²) in [7, 11) is -2.97. The molecule has 0 radical (unpaired) electrons. The molecule has 1 aliphatic heterocycles. The van der Waals surface area contributed by atoms with Crippen molar-refractivity contribution in [1.29, 1.82) is 0 Å². The second kappa shape index (κ2) is 4.23. The number of nitrogen functional groups attached to an aromatic ring is 1. The van der Waals surface area contributed by atoms with Gasteiger partial charge in [0.2, 0.25) is 5.82 Å². The number of hydrogen-bond donors (Lipinski definition) is 1. The molecule has 0 unspecified atom stereocenters. The molecule has 8 nitrogen and oxygen atoms in total. The topological polar surface area (TPSA) is 121 Å². The molecule has 2 heterocycles. The van der Waals surface area contributed by atoms with Crippen LogP contribution in [0, 0.1) is 17.0 Å². The van der Waals surface area contributed by atoms with E-state index >= 15 is 0 Å². The monoisotopic (exact) mass is 274 g/mol. The molecular weight excluding hydrogens is 260 g/mol. The van der Waals surface area contributed by atoms with Crippen LogP contribution >= 0.6 is 0 Å². The molecule has 1 aromatic heterocycles. The zero-order valence-electron chi connectivity index (χ0n) is 9.87. The number of nitro groups is 1. The van der Waals surface area contributed by atoms with E-state index in [0.717, 1.165) is 0 Å². The fourth-order valence-electron chi connectivity index (χ4n) is 2.18. The lowest BCUT2D eigenvalue weighted by Gasteiger charge is -2.22. The first-order chi connectivity index (χ1) is 8.32. The van der Waals surface area contributed by atoms with Crippen molar-refractivity contribution in [3.05, 3.63) is 15.8 Å². The number of anilines is 1. The van der Waals surface area contributed by atoms with E-state index in [2.05, 4.69) is 5.10 Å². The summed E-state index contributed by atoms with van der Waals surface area (Å²) in [6.07, 6.45) is 0.787. The largest absolute Gasteiger partial charge is 0.378 e. The van der Waals surface area contributed by atoms with E-state index < -0.39 is 14.8 Å². The number of rotatable bonds is 2. The van der Waals surface area contributed by atoms with E-state index in [-0.39, 0.29) is 34.7 Å². The first-order valence-corrected chi connectivity index (χ1v) is 7.33. The summed E-state index contributed by atoms with van der Waals surface area (Å²) in [5.74, 6) is 0.148. The molecule has 1 aromatic rings. The van der Waals surface area contributed by atoms with E-state index in [1.807, 2.05) is 0 Å². The summed E-state index contributed by atoms with van der Waals surface area (Å²) in [5.41, 5.74) is 5.78. The van der Waals surface area contributed by atoms with Crippen molar-refractivity contribution < 1.29 is 13.3 Å². The number of nitrogens with two attached hydrogens (primary N) is 1. The van der Waals surface area contributed by atoms with E-state index in [9.17, 15) is 18.5 Å². The standard InChI is InChI=1S/C9H14N4O4S/c1-6-8(13(14)15)9(10)12(11-6)7-2-4-18(16,17)5-3-7/h7H,2-5,10H2,1H3. The summed E-state index contributed by atoms with van der Waals surface area (Å²) >= 11 is 0. The van der Waals surface area contributed by atoms with Gasteiger partial charge in [-0.3, -0.25) is 10.1 Å². The van der Waals surface area contributed by atoms with Gasteiger partial charge in [0, 0.05) is 0 Å². The summed E-state index contributed by atoms with van der Waals surface area (Å²) in [6, 6.07) is -0.180. The van der Waals surface area contributed by atoms with Gasteiger partial charge in [-0.2, -0.15) is 5.10 Å². The summed E-state index contributed by atoms with van der Waals surface area (Å²) in [5, 5.41) is 14.9. The quantitative estimate of drug-likeness (QED) is 0.616. The second-order valence-electron chi connectivity index (χ2n) is 4.40. The molecule has 9 heteroatoms. The number of nitrogens with zero attached hydrogens (tertiary/aromatic N) is 3. The van der Waals surface area contributed by atoms with Crippen LogP contribution in [0.25, 0.3) is 0 Å². The molecule has 2 rings (SSSR count). The van der Waals surface area contributed by atoms with Crippen LogP contribution in [0.15, 0.2) is 0 Å². The highest BCUT2D eigenvalue weighted by molar-refractivity contribution is 7.91. The number of aryl methyl sites for hydroxylation is 1. The predicted octanol–water partition coefficient (Wildman–Crippen LogP) is 0.432. The van der Waals surface area contributed by atoms with Crippen LogP contribution in [0.4, 0.5) is 11.5 Å². The molecule has 1 aliphatic rings. The highest BCUT2D eigenvalue weighted by atomic mass is 32.2. The molecule has 18 heavy (non-hydrogen) atoms. The molecule has 0 aliphatic carbocycles. The average molecular weight is 274 g/mol. The Balaban J connectivity index is 2.31. The minimum atomic E-state index is -2.97. The Morgan fingerprint density at radius 1 is 1.44 bits per heavy atom. The van der Waals surface area contributed by atoms with Gasteiger partial charge in [0.25, 0.3) is 0 Å². The van der Waals surface area contributed by atoms with Crippen molar-refractivity contribution in [3.63, 3.8) is 0 Å². The van der Waals surface area contributed by atoms with Gasteiger partial charge >= 0.3 is 5.69 Å². The normalized spacial score (nSPS) is 19.8. The lowest BCUT2D eigenvalue weighted by atomic mass is 10.1. The van der Waals surface area contributed by atoms with Gasteiger partial charge in [0.05, 0.1) is 22.5 Å². The van der Waals surface area contributed by atoms with E-state index in [1.165, 1.54) is 11.6 Å². The lowest BCUT2D eigenvalue weighted by Crippen LogP contribution is -2.26. The Labute approximate surface area is 104 Å². The van der Waals surface area contributed by atoms with Gasteiger partial charge < -0.3 is 5.73 Å². The van der Waals surface area contributed by atoms with E-state index in [1.54, 1.807) is 0 Å². The molecule has 0 saturated carbocycles. The van der Waals surface area contributed by atoms with Gasteiger partial charge in [-0.05, 0) is 19.8 Å². The Morgan fingerprint density at radius 3 is 2.44 bits per heavy atom. The molecule has 0 spiro atoms. The maximum absolute atomic E-state index is 11.3. The smallest absolute Gasteiger partial charge is 0.333 e. The van der Waals surface area contributed by atoms with Crippen LogP contribution in [-0.4, -0.2) is 34.6 Å². The average Bonchev–Trinajstić information content (AvgIpc) is 2.54. The van der Waals surface area contributed by atoms with Crippen molar-refractivity contribution in [2.24, 2.45) is 0 Å². The predicted molar refractivity (Wildman–Crippen MR) is 65.0 cm³/mol. The molecule has 2 N–H and O–H groups in total. The van der Waals surface area contributed by atoms with Crippen LogP contribution in [0.1, 0.15) is 24.6 Å². The fourth-order valence-corrected chi connectivity index (χ4v) is 3.65. The van der Waals surface area contributed by atoms with Crippen LogP contribution in [0.2, 0.25) is 0 Å². The van der Waals surface area contributed by atoms with Gasteiger partial charge in [-0.1, -0.05) is 0 Å². The molecule has 1 saturated heterocycles. The van der Waals surface area contributed by atoms with Gasteiger partial charge in [-0.25, -0.2) is 13.1 Å².